The Balaban J connectivity index is 2.88. The molecular formula is C12H21BrN4S. The SMILES string of the molecule is CCCN(CC(N)=S)Cc1c(Br)c(C)nn1CC. The van der Waals surface area contributed by atoms with Crippen LogP contribution in [0.1, 0.15) is 31.7 Å². The summed E-state index contributed by atoms with van der Waals surface area (Å²) in [6.45, 7) is 9.60. The summed E-state index contributed by atoms with van der Waals surface area (Å²) in [6, 6.07) is 0. The number of hydrogen-bond acceptors (Lipinski definition) is 3. The summed E-state index contributed by atoms with van der Waals surface area (Å²) in [5, 5.41) is 4.50. The second-order valence-corrected chi connectivity index (χ2v) is 5.66. The summed E-state index contributed by atoms with van der Waals surface area (Å²) >= 11 is 8.62. The lowest BCUT2D eigenvalue weighted by Gasteiger charge is -2.21. The largest absolute Gasteiger partial charge is 0.392 e. The zero-order valence-electron chi connectivity index (χ0n) is 11.2. The zero-order valence-corrected chi connectivity index (χ0v) is 13.6. The van der Waals surface area contributed by atoms with Gasteiger partial charge in [-0.05, 0) is 42.7 Å². The van der Waals surface area contributed by atoms with Crippen molar-refractivity contribution in [2.75, 3.05) is 13.1 Å². The Morgan fingerprint density at radius 1 is 1.50 bits per heavy atom. The molecule has 0 atom stereocenters. The molecule has 0 amide bonds. The van der Waals surface area contributed by atoms with Gasteiger partial charge in [0.2, 0.25) is 0 Å². The molecule has 0 aliphatic heterocycles. The molecule has 0 fully saturated rings. The molecule has 0 unspecified atom stereocenters. The molecule has 1 heterocycles. The van der Waals surface area contributed by atoms with Crippen LogP contribution in [0.4, 0.5) is 0 Å². The molecule has 2 N–H and O–H groups in total. The zero-order chi connectivity index (χ0) is 13.7. The number of aromatic nitrogens is 2. The minimum Gasteiger partial charge on any atom is -0.392 e. The first-order chi connectivity index (χ1) is 8.49. The fraction of sp³-hybridized carbons (Fsp3) is 0.667. The van der Waals surface area contributed by atoms with Crippen molar-refractivity contribution in [1.29, 1.82) is 0 Å². The van der Waals surface area contributed by atoms with Crippen LogP contribution in [-0.4, -0.2) is 32.8 Å². The number of rotatable bonds is 7. The van der Waals surface area contributed by atoms with E-state index < -0.39 is 0 Å². The average Bonchev–Trinajstić information content (AvgIpc) is 2.56. The van der Waals surface area contributed by atoms with E-state index in [2.05, 4.69) is 39.8 Å². The van der Waals surface area contributed by atoms with Gasteiger partial charge in [-0.3, -0.25) is 9.58 Å². The van der Waals surface area contributed by atoms with Gasteiger partial charge in [0.15, 0.2) is 0 Å². The van der Waals surface area contributed by atoms with Crippen molar-refractivity contribution >= 4 is 33.1 Å². The monoisotopic (exact) mass is 332 g/mol. The van der Waals surface area contributed by atoms with E-state index in [1.165, 1.54) is 5.69 Å². The predicted octanol–water partition coefficient (Wildman–Crippen LogP) is 2.47. The molecule has 0 aromatic carbocycles. The van der Waals surface area contributed by atoms with E-state index in [0.29, 0.717) is 11.5 Å². The van der Waals surface area contributed by atoms with Crippen molar-refractivity contribution in [3.05, 3.63) is 15.9 Å². The second-order valence-electron chi connectivity index (χ2n) is 4.34. The standard InChI is InChI=1S/C12H21BrN4S/c1-4-6-16(8-11(14)18)7-10-12(13)9(3)15-17(10)5-2/h4-8H2,1-3H3,(H2,14,18). The third-order valence-electron chi connectivity index (χ3n) is 2.75. The van der Waals surface area contributed by atoms with Crippen LogP contribution in [0.25, 0.3) is 0 Å². The molecule has 4 nitrogen and oxygen atoms in total. The summed E-state index contributed by atoms with van der Waals surface area (Å²) in [5.41, 5.74) is 7.87. The third kappa shape index (κ3) is 4.03. The average molecular weight is 333 g/mol. The van der Waals surface area contributed by atoms with Gasteiger partial charge in [0.05, 0.1) is 20.8 Å². The molecule has 1 rings (SSSR count). The van der Waals surface area contributed by atoms with Crippen LogP contribution in [0, 0.1) is 6.92 Å². The third-order valence-corrected chi connectivity index (χ3v) is 3.91. The maximum atomic E-state index is 5.65. The highest BCUT2D eigenvalue weighted by Crippen LogP contribution is 2.22. The summed E-state index contributed by atoms with van der Waals surface area (Å²) in [6.07, 6.45) is 1.08. The number of aryl methyl sites for hydroxylation is 2. The van der Waals surface area contributed by atoms with Crippen LogP contribution < -0.4 is 5.73 Å². The summed E-state index contributed by atoms with van der Waals surface area (Å²) < 4.78 is 3.12. The van der Waals surface area contributed by atoms with Gasteiger partial charge in [-0.15, -0.1) is 0 Å². The lowest BCUT2D eigenvalue weighted by molar-refractivity contribution is 0.293. The van der Waals surface area contributed by atoms with Crippen molar-refractivity contribution in [2.24, 2.45) is 5.73 Å². The van der Waals surface area contributed by atoms with Gasteiger partial charge in [0, 0.05) is 19.6 Å². The molecule has 0 bridgehead atoms. The van der Waals surface area contributed by atoms with Gasteiger partial charge in [0.1, 0.15) is 0 Å². The van der Waals surface area contributed by atoms with Crippen molar-refractivity contribution < 1.29 is 0 Å². The highest BCUT2D eigenvalue weighted by molar-refractivity contribution is 9.10. The molecule has 0 radical (unpaired) electrons. The number of nitrogens with two attached hydrogens (primary N) is 1. The van der Waals surface area contributed by atoms with Crippen molar-refractivity contribution in [2.45, 2.75) is 40.3 Å². The maximum absolute atomic E-state index is 5.65. The normalized spacial score (nSPS) is 11.2. The Kier molecular flexibility index (Phi) is 6.25. The summed E-state index contributed by atoms with van der Waals surface area (Å²) in [7, 11) is 0. The number of thiocarbonyl (C=S) groups is 1. The van der Waals surface area contributed by atoms with Gasteiger partial charge in [0.25, 0.3) is 0 Å². The molecule has 102 valence electrons. The summed E-state index contributed by atoms with van der Waals surface area (Å²) in [5.74, 6) is 0. The van der Waals surface area contributed by atoms with Crippen LogP contribution in [0.5, 0.6) is 0 Å². The fourth-order valence-corrected chi connectivity index (χ4v) is 2.57. The summed E-state index contributed by atoms with van der Waals surface area (Å²) in [4.78, 5) is 2.80. The molecule has 0 aliphatic rings. The first-order valence-electron chi connectivity index (χ1n) is 6.22. The molecule has 1 aromatic rings. The van der Waals surface area contributed by atoms with Crippen LogP contribution in [0.2, 0.25) is 0 Å². The number of hydrogen-bond donors (Lipinski definition) is 1. The lowest BCUT2D eigenvalue weighted by atomic mass is 10.3. The van der Waals surface area contributed by atoms with Crippen LogP contribution >= 0.6 is 28.1 Å². The molecule has 0 spiro atoms. The van der Waals surface area contributed by atoms with Crippen LogP contribution in [0.3, 0.4) is 0 Å². The molecular weight excluding hydrogens is 312 g/mol. The first-order valence-corrected chi connectivity index (χ1v) is 7.42. The van der Waals surface area contributed by atoms with E-state index in [0.717, 1.165) is 36.2 Å². The van der Waals surface area contributed by atoms with Crippen LogP contribution in [-0.2, 0) is 13.1 Å². The quantitative estimate of drug-likeness (QED) is 0.779. The molecule has 0 aliphatic carbocycles. The minimum absolute atomic E-state index is 0.541. The van der Waals surface area contributed by atoms with E-state index in [-0.39, 0.29) is 0 Å². The van der Waals surface area contributed by atoms with Crippen molar-refractivity contribution in [1.82, 2.24) is 14.7 Å². The number of nitrogens with zero attached hydrogens (tertiary/aromatic N) is 3. The Labute approximate surface area is 123 Å². The molecule has 18 heavy (non-hydrogen) atoms. The molecule has 0 saturated carbocycles. The molecule has 6 heteroatoms. The van der Waals surface area contributed by atoms with Gasteiger partial charge in [-0.2, -0.15) is 5.10 Å². The fourth-order valence-electron chi connectivity index (χ4n) is 1.98. The topological polar surface area (TPSA) is 47.1 Å². The van der Waals surface area contributed by atoms with E-state index >= 15 is 0 Å². The van der Waals surface area contributed by atoms with E-state index in [4.69, 9.17) is 18.0 Å². The number of halogens is 1. The maximum Gasteiger partial charge on any atom is 0.0870 e. The highest BCUT2D eigenvalue weighted by Gasteiger charge is 2.15. The van der Waals surface area contributed by atoms with Gasteiger partial charge < -0.3 is 5.73 Å². The highest BCUT2D eigenvalue weighted by atomic mass is 79.9. The lowest BCUT2D eigenvalue weighted by Crippen LogP contribution is -2.33. The van der Waals surface area contributed by atoms with Crippen molar-refractivity contribution in [3.8, 4) is 0 Å². The predicted molar refractivity (Wildman–Crippen MR) is 82.7 cm³/mol. The van der Waals surface area contributed by atoms with Crippen LogP contribution in [0.15, 0.2) is 4.47 Å². The van der Waals surface area contributed by atoms with Gasteiger partial charge in [-0.25, -0.2) is 0 Å². The first kappa shape index (κ1) is 15.6. The Bertz CT molecular complexity index is 416. The Morgan fingerprint density at radius 3 is 2.67 bits per heavy atom. The van der Waals surface area contributed by atoms with Crippen molar-refractivity contribution in [3.63, 3.8) is 0 Å². The van der Waals surface area contributed by atoms with Gasteiger partial charge in [-0.1, -0.05) is 19.1 Å². The van der Waals surface area contributed by atoms with E-state index in [9.17, 15) is 0 Å². The minimum atomic E-state index is 0.541. The Hall–Kier alpha value is -0.460. The van der Waals surface area contributed by atoms with E-state index in [1.807, 2.05) is 11.6 Å². The van der Waals surface area contributed by atoms with Gasteiger partial charge >= 0.3 is 0 Å². The molecule has 0 saturated heterocycles. The van der Waals surface area contributed by atoms with E-state index in [1.54, 1.807) is 0 Å². The smallest absolute Gasteiger partial charge is 0.0870 e. The Morgan fingerprint density at radius 2 is 2.17 bits per heavy atom. The molecule has 1 aromatic heterocycles. The second kappa shape index (κ2) is 7.21.